The Bertz CT molecular complexity index is 540. The summed E-state index contributed by atoms with van der Waals surface area (Å²) in [5, 5.41) is 4.53. The number of fused-ring (bicyclic) bond motifs is 1. The molecule has 2 nitrogen and oxygen atoms in total. The predicted octanol–water partition coefficient (Wildman–Crippen LogP) is 3.05. The minimum absolute atomic E-state index is 0.123. The van der Waals surface area contributed by atoms with Crippen LogP contribution in [0.2, 0.25) is 0 Å². The normalized spacial score (nSPS) is 15.6. The van der Waals surface area contributed by atoms with Crippen molar-refractivity contribution < 1.29 is 4.39 Å². The lowest BCUT2D eigenvalue weighted by atomic mass is 10.1. The molecule has 1 fully saturated rings. The molecule has 0 bridgehead atoms. The summed E-state index contributed by atoms with van der Waals surface area (Å²) in [6.45, 7) is 3.70. The fraction of sp³-hybridized carbons (Fsp3) is 0.429. The second kappa shape index (κ2) is 4.15. The first-order valence-corrected chi connectivity index (χ1v) is 6.29. The minimum Gasteiger partial charge on any atom is -0.345 e. The summed E-state index contributed by atoms with van der Waals surface area (Å²) >= 11 is 0. The fourth-order valence-electron chi connectivity index (χ4n) is 2.32. The molecule has 2 aromatic rings. The molecule has 3 rings (SSSR count). The summed E-state index contributed by atoms with van der Waals surface area (Å²) in [4.78, 5) is 0. The maximum atomic E-state index is 13.8. The van der Waals surface area contributed by atoms with Gasteiger partial charge in [0.2, 0.25) is 0 Å². The molecule has 0 amide bonds. The number of benzene rings is 1. The van der Waals surface area contributed by atoms with Gasteiger partial charge in [0.25, 0.3) is 0 Å². The third-order valence-corrected chi connectivity index (χ3v) is 3.43. The van der Waals surface area contributed by atoms with Gasteiger partial charge in [0, 0.05) is 30.7 Å². The van der Waals surface area contributed by atoms with Crippen LogP contribution < -0.4 is 5.32 Å². The number of hydrogen-bond donors (Lipinski definition) is 1. The zero-order valence-electron chi connectivity index (χ0n) is 10.0. The molecule has 90 valence electrons. The van der Waals surface area contributed by atoms with Gasteiger partial charge in [0.15, 0.2) is 0 Å². The first-order valence-electron chi connectivity index (χ1n) is 6.29. The SMILES string of the molecule is CCn1cc(CNC2CC2)c2cccc(F)c21. The summed E-state index contributed by atoms with van der Waals surface area (Å²) in [6, 6.07) is 6.02. The van der Waals surface area contributed by atoms with E-state index in [2.05, 4.69) is 11.5 Å². The van der Waals surface area contributed by atoms with E-state index in [0.29, 0.717) is 6.04 Å². The first kappa shape index (κ1) is 10.8. The van der Waals surface area contributed by atoms with E-state index < -0.39 is 0 Å². The largest absolute Gasteiger partial charge is 0.345 e. The predicted molar refractivity (Wildman–Crippen MR) is 67.4 cm³/mol. The van der Waals surface area contributed by atoms with Gasteiger partial charge in [-0.2, -0.15) is 0 Å². The van der Waals surface area contributed by atoms with Gasteiger partial charge in [0.1, 0.15) is 5.82 Å². The topological polar surface area (TPSA) is 17.0 Å². The molecule has 1 heterocycles. The van der Waals surface area contributed by atoms with Crippen molar-refractivity contribution in [2.45, 2.75) is 38.9 Å². The minimum atomic E-state index is -0.123. The van der Waals surface area contributed by atoms with Crippen molar-refractivity contribution in [3.05, 3.63) is 35.8 Å². The maximum Gasteiger partial charge on any atom is 0.147 e. The van der Waals surface area contributed by atoms with Crippen LogP contribution in [0.5, 0.6) is 0 Å². The Morgan fingerprint density at radius 2 is 2.24 bits per heavy atom. The zero-order chi connectivity index (χ0) is 11.8. The molecular weight excluding hydrogens is 215 g/mol. The zero-order valence-corrected chi connectivity index (χ0v) is 10.0. The van der Waals surface area contributed by atoms with E-state index in [1.165, 1.54) is 24.5 Å². The number of halogens is 1. The van der Waals surface area contributed by atoms with Gasteiger partial charge in [0.05, 0.1) is 5.52 Å². The van der Waals surface area contributed by atoms with E-state index in [4.69, 9.17) is 0 Å². The Morgan fingerprint density at radius 3 is 2.94 bits per heavy atom. The first-order chi connectivity index (χ1) is 8.29. The van der Waals surface area contributed by atoms with Crippen LogP contribution in [0.1, 0.15) is 25.3 Å². The molecule has 1 saturated carbocycles. The number of aromatic nitrogens is 1. The van der Waals surface area contributed by atoms with Crippen LogP contribution in [-0.2, 0) is 13.1 Å². The summed E-state index contributed by atoms with van der Waals surface area (Å²) in [6.07, 6.45) is 4.63. The van der Waals surface area contributed by atoms with Gasteiger partial charge in [-0.25, -0.2) is 4.39 Å². The highest BCUT2D eigenvalue weighted by molar-refractivity contribution is 5.84. The molecular formula is C14H17FN2. The molecule has 3 heteroatoms. The smallest absolute Gasteiger partial charge is 0.147 e. The van der Waals surface area contributed by atoms with E-state index >= 15 is 0 Å². The molecule has 1 aromatic carbocycles. The van der Waals surface area contributed by atoms with Crippen molar-refractivity contribution in [2.24, 2.45) is 0 Å². The number of aryl methyl sites for hydroxylation is 1. The standard InChI is InChI=1S/C14H17FN2/c1-2-17-9-10(8-16-11-6-7-11)12-4-3-5-13(15)14(12)17/h3-5,9,11,16H,2,6-8H2,1H3. The Kier molecular flexibility index (Phi) is 2.63. The number of hydrogen-bond acceptors (Lipinski definition) is 1. The molecule has 1 aromatic heterocycles. The highest BCUT2D eigenvalue weighted by Gasteiger charge is 2.21. The Labute approximate surface area is 100 Å². The van der Waals surface area contributed by atoms with Gasteiger partial charge in [-0.3, -0.25) is 0 Å². The van der Waals surface area contributed by atoms with Crippen LogP contribution in [-0.4, -0.2) is 10.6 Å². The van der Waals surface area contributed by atoms with Crippen LogP contribution in [0.3, 0.4) is 0 Å². The van der Waals surface area contributed by atoms with E-state index in [9.17, 15) is 4.39 Å². The van der Waals surface area contributed by atoms with Crippen molar-refractivity contribution >= 4 is 10.9 Å². The lowest BCUT2D eigenvalue weighted by Gasteiger charge is -2.01. The summed E-state index contributed by atoms with van der Waals surface area (Å²) in [7, 11) is 0. The van der Waals surface area contributed by atoms with Gasteiger partial charge in [-0.15, -0.1) is 0 Å². The molecule has 17 heavy (non-hydrogen) atoms. The van der Waals surface area contributed by atoms with Crippen LogP contribution in [0.15, 0.2) is 24.4 Å². The quantitative estimate of drug-likeness (QED) is 0.857. The average molecular weight is 232 g/mol. The van der Waals surface area contributed by atoms with Gasteiger partial charge >= 0.3 is 0 Å². The van der Waals surface area contributed by atoms with Crippen molar-refractivity contribution in [2.75, 3.05) is 0 Å². The molecule has 0 radical (unpaired) electrons. The second-order valence-corrected chi connectivity index (χ2v) is 4.73. The van der Waals surface area contributed by atoms with Crippen molar-refractivity contribution in [1.82, 2.24) is 9.88 Å². The molecule has 0 aliphatic heterocycles. The van der Waals surface area contributed by atoms with E-state index in [0.717, 1.165) is 24.0 Å². The lowest BCUT2D eigenvalue weighted by molar-refractivity contribution is 0.626. The molecule has 1 N–H and O–H groups in total. The summed E-state index contributed by atoms with van der Waals surface area (Å²) in [5.74, 6) is -0.123. The molecule has 1 aliphatic rings. The molecule has 0 unspecified atom stereocenters. The highest BCUT2D eigenvalue weighted by Crippen LogP contribution is 2.25. The monoisotopic (exact) mass is 232 g/mol. The van der Waals surface area contributed by atoms with Gasteiger partial charge in [-0.05, 0) is 31.4 Å². The average Bonchev–Trinajstić information content (AvgIpc) is 3.08. The summed E-state index contributed by atoms with van der Waals surface area (Å²) < 4.78 is 15.8. The van der Waals surface area contributed by atoms with E-state index in [1.807, 2.05) is 17.6 Å². The van der Waals surface area contributed by atoms with Crippen LogP contribution >= 0.6 is 0 Å². The Hall–Kier alpha value is -1.35. The second-order valence-electron chi connectivity index (χ2n) is 4.73. The van der Waals surface area contributed by atoms with Crippen molar-refractivity contribution in [1.29, 1.82) is 0 Å². The van der Waals surface area contributed by atoms with Crippen LogP contribution in [0.25, 0.3) is 10.9 Å². The third kappa shape index (κ3) is 1.95. The van der Waals surface area contributed by atoms with Crippen LogP contribution in [0.4, 0.5) is 4.39 Å². The molecule has 0 atom stereocenters. The van der Waals surface area contributed by atoms with Gasteiger partial charge < -0.3 is 9.88 Å². The maximum absolute atomic E-state index is 13.8. The number of rotatable bonds is 4. The van der Waals surface area contributed by atoms with Crippen molar-refractivity contribution in [3.8, 4) is 0 Å². The highest BCUT2D eigenvalue weighted by atomic mass is 19.1. The summed E-state index contributed by atoms with van der Waals surface area (Å²) in [5.41, 5.74) is 1.94. The van der Waals surface area contributed by atoms with E-state index in [-0.39, 0.29) is 5.82 Å². The number of nitrogens with one attached hydrogen (secondary N) is 1. The van der Waals surface area contributed by atoms with Crippen molar-refractivity contribution in [3.63, 3.8) is 0 Å². The number of nitrogens with zero attached hydrogens (tertiary/aromatic N) is 1. The fourth-order valence-corrected chi connectivity index (χ4v) is 2.32. The van der Waals surface area contributed by atoms with E-state index in [1.54, 1.807) is 6.07 Å². The van der Waals surface area contributed by atoms with Gasteiger partial charge in [-0.1, -0.05) is 12.1 Å². The Morgan fingerprint density at radius 1 is 1.41 bits per heavy atom. The number of para-hydroxylation sites is 1. The molecule has 0 saturated heterocycles. The Balaban J connectivity index is 2.01. The third-order valence-electron chi connectivity index (χ3n) is 3.43. The van der Waals surface area contributed by atoms with Crippen LogP contribution in [0, 0.1) is 5.82 Å². The molecule has 0 spiro atoms. The lowest BCUT2D eigenvalue weighted by Crippen LogP contribution is -2.14. The molecule has 1 aliphatic carbocycles.